The summed E-state index contributed by atoms with van der Waals surface area (Å²) in [4.78, 5) is 28.2. The lowest BCUT2D eigenvalue weighted by Gasteiger charge is -2.33. The minimum Gasteiger partial charge on any atom is -0.369 e. The largest absolute Gasteiger partial charge is 0.369 e. The summed E-state index contributed by atoms with van der Waals surface area (Å²) in [5.74, 6) is -1.46. The van der Waals surface area contributed by atoms with Crippen LogP contribution >= 0.6 is 0 Å². The van der Waals surface area contributed by atoms with E-state index in [0.717, 1.165) is 60.2 Å². The molecule has 0 bridgehead atoms. The summed E-state index contributed by atoms with van der Waals surface area (Å²) in [6.45, 7) is 5.12. The Labute approximate surface area is 173 Å². The number of nitrogens with zero attached hydrogens (tertiary/aromatic N) is 4. The minimum absolute atomic E-state index is 0.0370. The lowest BCUT2D eigenvalue weighted by molar-refractivity contribution is -0.125. The first-order valence-corrected chi connectivity index (χ1v) is 9.98. The first kappa shape index (κ1) is 20.1. The smallest absolute Gasteiger partial charge is 0.225 e. The van der Waals surface area contributed by atoms with Gasteiger partial charge in [0.15, 0.2) is 5.65 Å². The van der Waals surface area contributed by atoms with Gasteiger partial charge < -0.3 is 10.2 Å². The van der Waals surface area contributed by atoms with E-state index in [4.69, 9.17) is 0 Å². The molecule has 1 amide bonds. The van der Waals surface area contributed by atoms with Crippen molar-refractivity contribution < 1.29 is 13.6 Å². The zero-order valence-electron chi connectivity index (χ0n) is 17.0. The molecule has 0 spiro atoms. The number of amides is 1. The van der Waals surface area contributed by atoms with Crippen LogP contribution in [0.2, 0.25) is 0 Å². The van der Waals surface area contributed by atoms with Crippen molar-refractivity contribution in [3.63, 3.8) is 0 Å². The molecule has 1 aromatic carbocycles. The van der Waals surface area contributed by atoms with Crippen molar-refractivity contribution in [3.05, 3.63) is 59.0 Å². The number of pyridine rings is 1. The van der Waals surface area contributed by atoms with E-state index >= 15 is 0 Å². The Balaban J connectivity index is 1.45. The summed E-state index contributed by atoms with van der Waals surface area (Å²) in [6.07, 6.45) is 3.35. The molecule has 1 fully saturated rings. The van der Waals surface area contributed by atoms with E-state index < -0.39 is 11.6 Å². The monoisotopic (exact) mass is 411 g/mol. The van der Waals surface area contributed by atoms with E-state index in [1.54, 1.807) is 6.20 Å². The van der Waals surface area contributed by atoms with E-state index in [-0.39, 0.29) is 23.9 Å². The van der Waals surface area contributed by atoms with Gasteiger partial charge in [0.1, 0.15) is 17.2 Å². The van der Waals surface area contributed by atoms with Crippen molar-refractivity contribution in [3.8, 4) is 0 Å². The van der Waals surface area contributed by atoms with Crippen molar-refractivity contribution in [1.29, 1.82) is 0 Å². The molecule has 0 saturated carbocycles. The summed E-state index contributed by atoms with van der Waals surface area (Å²) < 4.78 is 27.1. The Bertz CT molecular complexity index is 1100. The highest BCUT2D eigenvalue weighted by atomic mass is 19.1. The molecule has 30 heavy (non-hydrogen) atoms. The third kappa shape index (κ3) is 4.22. The minimum atomic E-state index is -0.532. The Morgan fingerprint density at radius 2 is 2.00 bits per heavy atom. The van der Waals surface area contributed by atoms with Gasteiger partial charge in [-0.25, -0.2) is 23.7 Å². The highest BCUT2D eigenvalue weighted by Crippen LogP contribution is 2.25. The normalized spacial score (nSPS) is 16.7. The summed E-state index contributed by atoms with van der Waals surface area (Å²) in [5, 5.41) is 2.74. The van der Waals surface area contributed by atoms with E-state index in [1.165, 1.54) is 0 Å². The first-order valence-electron chi connectivity index (χ1n) is 9.98. The van der Waals surface area contributed by atoms with Crippen LogP contribution in [-0.4, -0.2) is 33.9 Å². The van der Waals surface area contributed by atoms with Crippen molar-refractivity contribution in [2.75, 3.05) is 18.0 Å². The average molecular weight is 411 g/mol. The van der Waals surface area contributed by atoms with Crippen molar-refractivity contribution in [2.24, 2.45) is 5.92 Å². The average Bonchev–Trinajstić information content (AvgIpc) is 2.74. The zero-order chi connectivity index (χ0) is 21.3. The molecule has 0 unspecified atom stereocenters. The number of halogens is 2. The topological polar surface area (TPSA) is 71.0 Å². The molecule has 4 rings (SSSR count). The van der Waals surface area contributed by atoms with Crippen LogP contribution in [0.5, 0.6) is 0 Å². The van der Waals surface area contributed by atoms with Crippen LogP contribution < -0.4 is 10.2 Å². The molecule has 1 aliphatic rings. The number of carbonyl (C=O) groups is 1. The van der Waals surface area contributed by atoms with Crippen LogP contribution in [0, 0.1) is 31.4 Å². The number of aromatic nitrogens is 3. The Morgan fingerprint density at radius 3 is 2.83 bits per heavy atom. The zero-order valence-corrected chi connectivity index (χ0v) is 17.0. The van der Waals surface area contributed by atoms with Crippen LogP contribution in [0.1, 0.15) is 29.8 Å². The van der Waals surface area contributed by atoms with Gasteiger partial charge in [-0.05, 0) is 51.0 Å². The lowest BCUT2D eigenvalue weighted by atomic mass is 9.96. The van der Waals surface area contributed by atoms with Crippen LogP contribution in [0.3, 0.4) is 0 Å². The van der Waals surface area contributed by atoms with Gasteiger partial charge in [0.2, 0.25) is 5.91 Å². The van der Waals surface area contributed by atoms with Gasteiger partial charge in [0, 0.05) is 25.2 Å². The second kappa shape index (κ2) is 8.30. The number of carbonyl (C=O) groups excluding carboxylic acids is 1. The van der Waals surface area contributed by atoms with Gasteiger partial charge in [0.25, 0.3) is 0 Å². The maximum atomic E-state index is 13.8. The molecular weight excluding hydrogens is 388 g/mol. The number of benzene rings is 1. The summed E-state index contributed by atoms with van der Waals surface area (Å²) in [5.41, 5.74) is 4.08. The SMILES string of the molecule is Cc1nc2cc(N3CCC[C@@H](C(=O)NCc4cc(F)ccc4F)C3)cnc2nc1C. The molecule has 1 saturated heterocycles. The van der Waals surface area contributed by atoms with Crippen molar-refractivity contribution in [2.45, 2.75) is 33.2 Å². The van der Waals surface area contributed by atoms with Gasteiger partial charge in [0.05, 0.1) is 29.2 Å². The Kier molecular flexibility index (Phi) is 5.57. The number of nitrogens with one attached hydrogen (secondary N) is 1. The van der Waals surface area contributed by atoms with Gasteiger partial charge >= 0.3 is 0 Å². The quantitative estimate of drug-likeness (QED) is 0.712. The molecule has 6 nitrogen and oxygen atoms in total. The van der Waals surface area contributed by atoms with Gasteiger partial charge in [-0.1, -0.05) is 0 Å². The highest BCUT2D eigenvalue weighted by molar-refractivity contribution is 5.80. The molecule has 3 aromatic rings. The molecule has 1 atom stereocenters. The third-order valence-corrected chi connectivity index (χ3v) is 5.54. The van der Waals surface area contributed by atoms with Gasteiger partial charge in [-0.15, -0.1) is 0 Å². The first-order chi connectivity index (χ1) is 14.4. The summed E-state index contributed by atoms with van der Waals surface area (Å²) in [6, 6.07) is 5.18. The van der Waals surface area contributed by atoms with Crippen LogP contribution in [0.4, 0.5) is 14.5 Å². The molecule has 0 radical (unpaired) electrons. The maximum absolute atomic E-state index is 13.8. The van der Waals surface area contributed by atoms with E-state index in [1.807, 2.05) is 19.9 Å². The second-order valence-corrected chi connectivity index (χ2v) is 7.67. The van der Waals surface area contributed by atoms with Crippen LogP contribution in [-0.2, 0) is 11.3 Å². The summed E-state index contributed by atoms with van der Waals surface area (Å²) in [7, 11) is 0. The molecule has 0 aliphatic carbocycles. The second-order valence-electron chi connectivity index (χ2n) is 7.67. The van der Waals surface area contributed by atoms with Crippen LogP contribution in [0.25, 0.3) is 11.2 Å². The number of hydrogen-bond acceptors (Lipinski definition) is 5. The standard InChI is InChI=1S/C22H23F2N5O/c1-13-14(2)28-21-20(27-13)9-18(11-25-21)29-7-3-4-15(12-29)22(30)26-10-16-8-17(23)5-6-19(16)24/h5-6,8-9,11,15H,3-4,7,10,12H2,1-2H3,(H,26,30)/t15-/m1/s1. The van der Waals surface area contributed by atoms with Crippen molar-refractivity contribution >= 4 is 22.8 Å². The number of rotatable bonds is 4. The fraction of sp³-hybridized carbons (Fsp3) is 0.364. The predicted octanol–water partition coefficient (Wildman–Crippen LogP) is 3.45. The fourth-order valence-electron chi connectivity index (χ4n) is 3.71. The Morgan fingerprint density at radius 1 is 1.20 bits per heavy atom. The van der Waals surface area contributed by atoms with Gasteiger partial charge in [-0.2, -0.15) is 0 Å². The number of piperidine rings is 1. The molecule has 8 heteroatoms. The number of fused-ring (bicyclic) bond motifs is 1. The fourth-order valence-corrected chi connectivity index (χ4v) is 3.71. The number of aryl methyl sites for hydroxylation is 2. The summed E-state index contributed by atoms with van der Waals surface area (Å²) >= 11 is 0. The van der Waals surface area contributed by atoms with E-state index in [0.29, 0.717) is 12.2 Å². The third-order valence-electron chi connectivity index (χ3n) is 5.54. The highest BCUT2D eigenvalue weighted by Gasteiger charge is 2.26. The van der Waals surface area contributed by atoms with Crippen molar-refractivity contribution in [1.82, 2.24) is 20.3 Å². The molecule has 2 aromatic heterocycles. The number of hydrogen-bond donors (Lipinski definition) is 1. The molecule has 3 heterocycles. The number of anilines is 1. The molecule has 1 N–H and O–H groups in total. The molecule has 156 valence electrons. The van der Waals surface area contributed by atoms with E-state index in [2.05, 4.69) is 25.2 Å². The predicted molar refractivity (Wildman–Crippen MR) is 110 cm³/mol. The Hall–Kier alpha value is -3.16. The van der Waals surface area contributed by atoms with Crippen LogP contribution in [0.15, 0.2) is 30.5 Å². The molecular formula is C22H23F2N5O. The lowest BCUT2D eigenvalue weighted by Crippen LogP contribution is -2.43. The van der Waals surface area contributed by atoms with Gasteiger partial charge in [-0.3, -0.25) is 4.79 Å². The maximum Gasteiger partial charge on any atom is 0.225 e. The molecule has 1 aliphatic heterocycles. The van der Waals surface area contributed by atoms with E-state index in [9.17, 15) is 13.6 Å².